The number of ether oxygens (including phenoxy) is 2. The average Bonchev–Trinajstić information content (AvgIpc) is 2.61. The normalized spacial score (nSPS) is 30.9. The minimum Gasteiger partial charge on any atom is -0.348 e. The lowest BCUT2D eigenvalue weighted by Gasteiger charge is -2.38. The molecule has 4 heteroatoms. The fourth-order valence-corrected chi connectivity index (χ4v) is 2.76. The molecule has 2 aliphatic rings. The molecule has 0 atom stereocenters. The van der Waals surface area contributed by atoms with Crippen LogP contribution in [0, 0.1) is 0 Å². The molecule has 0 unspecified atom stereocenters. The van der Waals surface area contributed by atoms with Crippen molar-refractivity contribution in [3.8, 4) is 0 Å². The molecule has 0 bridgehead atoms. The third-order valence-corrected chi connectivity index (χ3v) is 4.33. The number of rotatable bonds is 1. The average molecular weight is 300 g/mol. The molecule has 76 valence electrons. The first kappa shape index (κ1) is 10.1. The molecule has 0 N–H and O–H groups in total. The summed E-state index contributed by atoms with van der Waals surface area (Å²) in [5.74, 6) is -0.415. The second-order valence-electron chi connectivity index (χ2n) is 3.89. The lowest BCUT2D eigenvalue weighted by Crippen LogP contribution is -2.42. The summed E-state index contributed by atoms with van der Waals surface area (Å²) in [5, 5.41) is 0. The summed E-state index contributed by atoms with van der Waals surface area (Å²) in [6.07, 6.45) is 2.59. The number of hydrogen-bond acceptors (Lipinski definition) is 2. The maximum Gasteiger partial charge on any atom is 0.168 e. The molecule has 2 rings (SSSR count). The summed E-state index contributed by atoms with van der Waals surface area (Å²) < 4.78 is 25.5. The van der Waals surface area contributed by atoms with Crippen LogP contribution in [0.3, 0.4) is 0 Å². The molecule has 1 spiro atoms. The molecule has 0 aromatic heterocycles. The van der Waals surface area contributed by atoms with Crippen molar-refractivity contribution in [1.82, 2.24) is 0 Å². The largest absolute Gasteiger partial charge is 0.348 e. The monoisotopic (exact) mass is 300 g/mol. The highest BCUT2D eigenvalue weighted by Crippen LogP contribution is 2.42. The first-order valence-corrected chi connectivity index (χ1v) is 6.24. The lowest BCUT2D eigenvalue weighted by atomic mass is 9.84. The number of hydrogen-bond donors (Lipinski definition) is 0. The Bertz CT molecular complexity index is 182. The summed E-state index contributed by atoms with van der Waals surface area (Å²) in [6, 6.07) is 0. The number of halogens is 2. The SMILES string of the molecule is FC1(CI)CCC2(CC1)OCCO2. The molecule has 1 saturated heterocycles. The molecular weight excluding hydrogens is 286 g/mol. The van der Waals surface area contributed by atoms with Gasteiger partial charge in [0.05, 0.1) is 13.2 Å². The van der Waals surface area contributed by atoms with Gasteiger partial charge in [-0.3, -0.25) is 0 Å². The fraction of sp³-hybridized carbons (Fsp3) is 1.00. The van der Waals surface area contributed by atoms with Crippen LogP contribution in [0.4, 0.5) is 4.39 Å². The van der Waals surface area contributed by atoms with Gasteiger partial charge in [0.2, 0.25) is 0 Å². The van der Waals surface area contributed by atoms with Crippen LogP contribution in [0.25, 0.3) is 0 Å². The quantitative estimate of drug-likeness (QED) is 0.547. The van der Waals surface area contributed by atoms with Crippen molar-refractivity contribution in [3.05, 3.63) is 0 Å². The van der Waals surface area contributed by atoms with Gasteiger partial charge in [-0.2, -0.15) is 0 Å². The van der Waals surface area contributed by atoms with Gasteiger partial charge in [0.15, 0.2) is 5.79 Å². The molecule has 2 fully saturated rings. The highest BCUT2D eigenvalue weighted by atomic mass is 127. The van der Waals surface area contributed by atoms with Crippen LogP contribution in [-0.2, 0) is 9.47 Å². The van der Waals surface area contributed by atoms with Crippen LogP contribution >= 0.6 is 22.6 Å². The molecule has 1 aliphatic carbocycles. The molecule has 1 heterocycles. The third-order valence-electron chi connectivity index (χ3n) is 2.96. The van der Waals surface area contributed by atoms with Gasteiger partial charge in [0, 0.05) is 17.3 Å². The predicted octanol–water partition coefficient (Wildman–Crippen LogP) is 2.45. The molecule has 1 aliphatic heterocycles. The minimum absolute atomic E-state index is 0.415. The van der Waals surface area contributed by atoms with Crippen molar-refractivity contribution in [2.75, 3.05) is 17.6 Å². The van der Waals surface area contributed by atoms with Crippen molar-refractivity contribution < 1.29 is 13.9 Å². The van der Waals surface area contributed by atoms with Gasteiger partial charge in [0.1, 0.15) is 5.67 Å². The Labute approximate surface area is 91.3 Å². The maximum absolute atomic E-state index is 13.8. The Kier molecular flexibility index (Phi) is 2.82. The standard InChI is InChI=1S/C9H14FIO2/c10-8(7-11)1-3-9(4-2-8)12-5-6-13-9/h1-7H2. The van der Waals surface area contributed by atoms with E-state index in [4.69, 9.17) is 9.47 Å². The minimum atomic E-state index is -0.971. The highest BCUT2D eigenvalue weighted by molar-refractivity contribution is 14.1. The summed E-state index contributed by atoms with van der Waals surface area (Å²) in [6.45, 7) is 1.34. The van der Waals surface area contributed by atoms with Crippen molar-refractivity contribution in [2.45, 2.75) is 37.1 Å². The predicted molar refractivity (Wildman–Crippen MR) is 55.8 cm³/mol. The number of alkyl halides is 2. The van der Waals surface area contributed by atoms with Crippen LogP contribution in [-0.4, -0.2) is 29.1 Å². The Morgan fingerprint density at radius 1 is 1.08 bits per heavy atom. The van der Waals surface area contributed by atoms with Crippen LogP contribution in [0.1, 0.15) is 25.7 Å². The van der Waals surface area contributed by atoms with Gasteiger partial charge < -0.3 is 9.47 Å². The van der Waals surface area contributed by atoms with Crippen molar-refractivity contribution >= 4 is 22.6 Å². The molecule has 0 aromatic rings. The van der Waals surface area contributed by atoms with E-state index in [0.717, 1.165) is 0 Å². The van der Waals surface area contributed by atoms with Crippen LogP contribution in [0.2, 0.25) is 0 Å². The Balaban J connectivity index is 1.95. The smallest absolute Gasteiger partial charge is 0.168 e. The highest BCUT2D eigenvalue weighted by Gasteiger charge is 2.45. The second-order valence-corrected chi connectivity index (χ2v) is 4.65. The van der Waals surface area contributed by atoms with Crippen molar-refractivity contribution in [3.63, 3.8) is 0 Å². The van der Waals surface area contributed by atoms with E-state index in [1.54, 1.807) is 0 Å². The zero-order valence-electron chi connectivity index (χ0n) is 7.52. The van der Waals surface area contributed by atoms with E-state index in [-0.39, 0.29) is 0 Å². The molecule has 0 amide bonds. The Morgan fingerprint density at radius 3 is 2.08 bits per heavy atom. The van der Waals surface area contributed by atoms with E-state index >= 15 is 0 Å². The van der Waals surface area contributed by atoms with E-state index in [9.17, 15) is 4.39 Å². The first-order valence-electron chi connectivity index (χ1n) is 4.71. The molecule has 0 aromatic carbocycles. The van der Waals surface area contributed by atoms with Gasteiger partial charge in [-0.25, -0.2) is 4.39 Å². The van der Waals surface area contributed by atoms with E-state index in [1.807, 2.05) is 0 Å². The van der Waals surface area contributed by atoms with E-state index in [2.05, 4.69) is 22.6 Å². The molecule has 2 nitrogen and oxygen atoms in total. The summed E-state index contributed by atoms with van der Waals surface area (Å²) in [5.41, 5.74) is -0.971. The van der Waals surface area contributed by atoms with Gasteiger partial charge >= 0.3 is 0 Å². The lowest BCUT2D eigenvalue weighted by molar-refractivity contribution is -0.191. The second kappa shape index (κ2) is 3.62. The van der Waals surface area contributed by atoms with Gasteiger partial charge in [-0.05, 0) is 12.8 Å². The Hall–Kier alpha value is 0.580. The third kappa shape index (κ3) is 1.99. The zero-order chi connectivity index (χ0) is 9.36. The van der Waals surface area contributed by atoms with Gasteiger partial charge in [-0.1, -0.05) is 22.6 Å². The molecule has 13 heavy (non-hydrogen) atoms. The van der Waals surface area contributed by atoms with E-state index < -0.39 is 11.5 Å². The fourth-order valence-electron chi connectivity index (χ4n) is 2.00. The van der Waals surface area contributed by atoms with Crippen LogP contribution in [0.5, 0.6) is 0 Å². The maximum atomic E-state index is 13.8. The first-order chi connectivity index (χ1) is 6.18. The van der Waals surface area contributed by atoms with Gasteiger partial charge in [0.25, 0.3) is 0 Å². The topological polar surface area (TPSA) is 18.5 Å². The molecule has 0 radical (unpaired) electrons. The van der Waals surface area contributed by atoms with Crippen LogP contribution < -0.4 is 0 Å². The summed E-state index contributed by atoms with van der Waals surface area (Å²) in [7, 11) is 0. The van der Waals surface area contributed by atoms with Crippen molar-refractivity contribution in [1.29, 1.82) is 0 Å². The summed E-state index contributed by atoms with van der Waals surface area (Å²) >= 11 is 2.12. The van der Waals surface area contributed by atoms with Crippen LogP contribution in [0.15, 0.2) is 0 Å². The van der Waals surface area contributed by atoms with E-state index in [0.29, 0.717) is 43.3 Å². The Morgan fingerprint density at radius 2 is 1.62 bits per heavy atom. The zero-order valence-corrected chi connectivity index (χ0v) is 9.68. The van der Waals surface area contributed by atoms with E-state index in [1.165, 1.54) is 0 Å². The van der Waals surface area contributed by atoms with Crippen molar-refractivity contribution in [2.24, 2.45) is 0 Å². The molecular formula is C9H14FIO2. The molecule has 1 saturated carbocycles. The summed E-state index contributed by atoms with van der Waals surface area (Å²) in [4.78, 5) is 0. The van der Waals surface area contributed by atoms with Gasteiger partial charge in [-0.15, -0.1) is 0 Å².